The standard InChI is InChI=1S/C15H22F3NO2SSi/c1-22(20,21)19-8-14(12-9-23(2,3)10-12)11-4-6-13(7-5-11)15(16,17)18/h4-7,12,14,19H,8-10H2,1-3H3/t14-/m1/s1. The van der Waals surface area contributed by atoms with Gasteiger partial charge in [-0.2, -0.15) is 13.2 Å². The highest BCUT2D eigenvalue weighted by molar-refractivity contribution is 7.88. The Kier molecular flexibility index (Phi) is 4.99. The largest absolute Gasteiger partial charge is 0.416 e. The van der Waals surface area contributed by atoms with Crippen molar-refractivity contribution in [3.05, 3.63) is 35.4 Å². The van der Waals surface area contributed by atoms with Crippen LogP contribution < -0.4 is 4.72 Å². The third-order valence-electron chi connectivity index (χ3n) is 4.43. The van der Waals surface area contributed by atoms with Crippen molar-refractivity contribution in [2.24, 2.45) is 5.92 Å². The van der Waals surface area contributed by atoms with Gasteiger partial charge in [0, 0.05) is 14.6 Å². The van der Waals surface area contributed by atoms with Crippen molar-refractivity contribution in [1.82, 2.24) is 4.72 Å². The molecule has 0 bridgehead atoms. The third kappa shape index (κ3) is 5.05. The summed E-state index contributed by atoms with van der Waals surface area (Å²) >= 11 is 0. The van der Waals surface area contributed by atoms with Crippen molar-refractivity contribution in [2.75, 3.05) is 12.8 Å². The predicted molar refractivity (Wildman–Crippen MR) is 87.6 cm³/mol. The Labute approximate surface area is 136 Å². The molecule has 0 amide bonds. The summed E-state index contributed by atoms with van der Waals surface area (Å²) in [5, 5.41) is 0. The molecule has 0 aromatic heterocycles. The van der Waals surface area contributed by atoms with Crippen molar-refractivity contribution in [3.63, 3.8) is 0 Å². The van der Waals surface area contributed by atoms with Crippen molar-refractivity contribution >= 4 is 18.1 Å². The first kappa shape index (κ1) is 18.5. The topological polar surface area (TPSA) is 46.2 Å². The van der Waals surface area contributed by atoms with Crippen molar-refractivity contribution in [2.45, 2.75) is 37.3 Å². The number of hydrogen-bond donors (Lipinski definition) is 1. The Balaban J connectivity index is 2.19. The van der Waals surface area contributed by atoms with Gasteiger partial charge in [0.25, 0.3) is 0 Å². The molecule has 1 atom stereocenters. The van der Waals surface area contributed by atoms with Crippen LogP contribution in [-0.4, -0.2) is 29.3 Å². The van der Waals surface area contributed by atoms with E-state index in [9.17, 15) is 21.6 Å². The van der Waals surface area contributed by atoms with Gasteiger partial charge in [-0.05, 0) is 29.5 Å². The molecular formula is C15H22F3NO2SSi. The van der Waals surface area contributed by atoms with Gasteiger partial charge in [0.2, 0.25) is 10.0 Å². The molecule has 0 radical (unpaired) electrons. The number of nitrogens with one attached hydrogen (secondary N) is 1. The van der Waals surface area contributed by atoms with E-state index >= 15 is 0 Å². The smallest absolute Gasteiger partial charge is 0.215 e. The molecule has 2 rings (SSSR count). The molecule has 8 heteroatoms. The van der Waals surface area contributed by atoms with Crippen molar-refractivity contribution in [1.29, 1.82) is 0 Å². The third-order valence-corrected chi connectivity index (χ3v) is 8.38. The summed E-state index contributed by atoms with van der Waals surface area (Å²) in [4.78, 5) is 0. The van der Waals surface area contributed by atoms with E-state index in [4.69, 9.17) is 0 Å². The van der Waals surface area contributed by atoms with Crippen LogP contribution in [0.25, 0.3) is 0 Å². The maximum absolute atomic E-state index is 12.7. The molecule has 1 aromatic rings. The normalized spacial score (nSPS) is 20.1. The summed E-state index contributed by atoms with van der Waals surface area (Å²) in [6.45, 7) is 4.79. The molecule has 1 saturated heterocycles. The average Bonchev–Trinajstić information content (AvgIpc) is 2.35. The first-order chi connectivity index (χ1) is 10.4. The molecule has 1 N–H and O–H groups in total. The zero-order valence-electron chi connectivity index (χ0n) is 13.4. The maximum atomic E-state index is 12.7. The van der Waals surface area contributed by atoms with Gasteiger partial charge in [-0.3, -0.25) is 0 Å². The second-order valence-corrected chi connectivity index (χ2v) is 14.2. The summed E-state index contributed by atoms with van der Waals surface area (Å²) in [7, 11) is -4.51. The van der Waals surface area contributed by atoms with Crippen molar-refractivity contribution < 1.29 is 21.6 Å². The minimum atomic E-state index is -4.36. The monoisotopic (exact) mass is 365 g/mol. The van der Waals surface area contributed by atoms with Gasteiger partial charge >= 0.3 is 6.18 Å². The highest BCUT2D eigenvalue weighted by atomic mass is 32.2. The molecule has 1 aromatic carbocycles. The van der Waals surface area contributed by atoms with E-state index in [-0.39, 0.29) is 12.5 Å². The first-order valence-corrected chi connectivity index (χ1v) is 12.8. The predicted octanol–water partition coefficient (Wildman–Crippen LogP) is 3.68. The fourth-order valence-corrected chi connectivity index (χ4v) is 7.13. The second-order valence-electron chi connectivity index (χ2n) is 7.18. The van der Waals surface area contributed by atoms with Crippen LogP contribution in [0.2, 0.25) is 25.2 Å². The van der Waals surface area contributed by atoms with Gasteiger partial charge in [0.15, 0.2) is 0 Å². The zero-order valence-corrected chi connectivity index (χ0v) is 15.3. The molecule has 1 fully saturated rings. The molecule has 130 valence electrons. The van der Waals surface area contributed by atoms with Crippen LogP contribution in [0.5, 0.6) is 0 Å². The average molecular weight is 365 g/mol. The van der Waals surface area contributed by atoms with Crippen molar-refractivity contribution in [3.8, 4) is 0 Å². The summed E-state index contributed by atoms with van der Waals surface area (Å²) < 4.78 is 63.3. The molecule has 0 aliphatic carbocycles. The summed E-state index contributed by atoms with van der Waals surface area (Å²) in [5.41, 5.74) is 0.0861. The van der Waals surface area contributed by atoms with E-state index in [0.717, 1.165) is 36.0 Å². The van der Waals surface area contributed by atoms with Crippen LogP contribution in [0.4, 0.5) is 13.2 Å². The Morgan fingerprint density at radius 2 is 1.74 bits per heavy atom. The Bertz CT molecular complexity index is 648. The minimum absolute atomic E-state index is 0.0764. The number of benzene rings is 1. The lowest BCUT2D eigenvalue weighted by Gasteiger charge is -2.45. The second kappa shape index (κ2) is 6.21. The number of sulfonamides is 1. The van der Waals surface area contributed by atoms with Gasteiger partial charge in [-0.25, -0.2) is 13.1 Å². The number of hydrogen-bond acceptors (Lipinski definition) is 2. The van der Waals surface area contributed by atoms with E-state index in [0.29, 0.717) is 5.92 Å². The summed E-state index contributed by atoms with van der Waals surface area (Å²) in [5.74, 6) is 0.259. The van der Waals surface area contributed by atoms with E-state index in [2.05, 4.69) is 17.8 Å². The molecule has 3 nitrogen and oxygen atoms in total. The van der Waals surface area contributed by atoms with E-state index < -0.39 is 29.8 Å². The lowest BCUT2D eigenvalue weighted by atomic mass is 9.87. The number of alkyl halides is 3. The molecule has 1 heterocycles. The summed E-state index contributed by atoms with van der Waals surface area (Å²) in [6, 6.07) is 7.25. The van der Waals surface area contributed by atoms with Crippen LogP contribution in [0, 0.1) is 5.92 Å². The van der Waals surface area contributed by atoms with Crippen LogP contribution in [0.15, 0.2) is 24.3 Å². The molecule has 0 saturated carbocycles. The number of halogens is 3. The highest BCUT2D eigenvalue weighted by Gasteiger charge is 2.42. The SMILES string of the molecule is C[Si]1(C)CC([C@H](CNS(C)(=O)=O)c2ccc(C(F)(F)F)cc2)C1. The van der Waals surface area contributed by atoms with E-state index in [1.165, 1.54) is 12.1 Å². The Morgan fingerprint density at radius 1 is 1.22 bits per heavy atom. The Morgan fingerprint density at radius 3 is 2.13 bits per heavy atom. The van der Waals surface area contributed by atoms with Crippen LogP contribution in [0.3, 0.4) is 0 Å². The van der Waals surface area contributed by atoms with Crippen LogP contribution in [0.1, 0.15) is 17.0 Å². The molecule has 0 unspecified atom stereocenters. The van der Waals surface area contributed by atoms with Gasteiger partial charge in [0.1, 0.15) is 0 Å². The van der Waals surface area contributed by atoms with Gasteiger partial charge in [0.05, 0.1) is 11.8 Å². The molecule has 0 spiro atoms. The maximum Gasteiger partial charge on any atom is 0.416 e. The van der Waals surface area contributed by atoms with Crippen LogP contribution >= 0.6 is 0 Å². The van der Waals surface area contributed by atoms with Gasteiger partial charge in [-0.1, -0.05) is 37.3 Å². The fourth-order valence-electron chi connectivity index (χ4n) is 3.36. The lowest BCUT2D eigenvalue weighted by molar-refractivity contribution is -0.137. The van der Waals surface area contributed by atoms with E-state index in [1.807, 2.05) is 0 Å². The minimum Gasteiger partial charge on any atom is -0.215 e. The van der Waals surface area contributed by atoms with E-state index in [1.54, 1.807) is 0 Å². The zero-order chi connectivity index (χ0) is 17.5. The number of rotatable bonds is 5. The molecule has 1 aliphatic rings. The fraction of sp³-hybridized carbons (Fsp3) is 0.600. The molecule has 1 aliphatic heterocycles. The van der Waals surface area contributed by atoms with Gasteiger partial charge in [-0.15, -0.1) is 0 Å². The molecule has 23 heavy (non-hydrogen) atoms. The molecular weight excluding hydrogens is 343 g/mol. The van der Waals surface area contributed by atoms with Gasteiger partial charge < -0.3 is 0 Å². The lowest BCUT2D eigenvalue weighted by Crippen LogP contribution is -2.46. The highest BCUT2D eigenvalue weighted by Crippen LogP contribution is 2.46. The Hall–Kier alpha value is -0.863. The first-order valence-electron chi connectivity index (χ1n) is 7.49. The van der Waals surface area contributed by atoms with Crippen LogP contribution in [-0.2, 0) is 16.2 Å². The quantitative estimate of drug-likeness (QED) is 0.809. The summed E-state index contributed by atoms with van der Waals surface area (Å²) in [6.07, 6.45) is -3.26.